The largest absolute Gasteiger partial charge is 0.367 e. The second-order valence-corrected chi connectivity index (χ2v) is 8.33. The van der Waals surface area contributed by atoms with Gasteiger partial charge in [0.2, 0.25) is 0 Å². The van der Waals surface area contributed by atoms with Crippen LogP contribution in [0.2, 0.25) is 0 Å². The maximum atomic E-state index is 13.2. The minimum Gasteiger partial charge on any atom is -0.367 e. The number of amides is 1. The standard InChI is InChI=1S/C23H25FN4OS/c1-3-27-12-14-28(15-13-27)20-7-5-4-6-19(20)26-22(29)21-16(2)25-23(30-21)17-8-10-18(24)11-9-17/h4-11H,3,12-15H2,1-2H3,(H,26,29). The number of thiazole rings is 1. The van der Waals surface area contributed by atoms with Gasteiger partial charge in [-0.1, -0.05) is 19.1 Å². The number of carbonyl (C=O) groups excluding carboxylic acids is 1. The molecule has 0 radical (unpaired) electrons. The first-order valence-corrected chi connectivity index (χ1v) is 11.0. The first kappa shape index (κ1) is 20.5. The van der Waals surface area contributed by atoms with E-state index in [1.165, 1.54) is 23.5 Å². The summed E-state index contributed by atoms with van der Waals surface area (Å²) in [5.41, 5.74) is 3.33. The van der Waals surface area contributed by atoms with Crippen LogP contribution < -0.4 is 10.2 Å². The molecule has 0 saturated carbocycles. The Bertz CT molecular complexity index is 1030. The monoisotopic (exact) mass is 424 g/mol. The molecule has 2 aromatic carbocycles. The van der Waals surface area contributed by atoms with Crippen molar-refractivity contribution in [3.63, 3.8) is 0 Å². The van der Waals surface area contributed by atoms with E-state index in [1.54, 1.807) is 12.1 Å². The fraction of sp³-hybridized carbons (Fsp3) is 0.304. The lowest BCUT2D eigenvalue weighted by Gasteiger charge is -2.36. The van der Waals surface area contributed by atoms with Crippen LogP contribution in [-0.2, 0) is 0 Å². The number of para-hydroxylation sites is 2. The number of carbonyl (C=O) groups is 1. The zero-order valence-corrected chi connectivity index (χ0v) is 18.0. The minimum atomic E-state index is -0.290. The van der Waals surface area contributed by atoms with Crippen LogP contribution in [0.15, 0.2) is 48.5 Å². The summed E-state index contributed by atoms with van der Waals surface area (Å²) in [6.07, 6.45) is 0. The minimum absolute atomic E-state index is 0.169. The van der Waals surface area contributed by atoms with Gasteiger partial charge in [0, 0.05) is 31.7 Å². The summed E-state index contributed by atoms with van der Waals surface area (Å²) in [5, 5.41) is 3.79. The van der Waals surface area contributed by atoms with E-state index in [9.17, 15) is 9.18 Å². The molecule has 4 rings (SSSR count). The van der Waals surface area contributed by atoms with Crippen molar-refractivity contribution in [2.24, 2.45) is 0 Å². The third-order valence-electron chi connectivity index (χ3n) is 5.41. The molecule has 2 heterocycles. The van der Waals surface area contributed by atoms with Gasteiger partial charge >= 0.3 is 0 Å². The van der Waals surface area contributed by atoms with Crippen LogP contribution in [0.1, 0.15) is 22.3 Å². The normalized spacial score (nSPS) is 14.7. The Hall–Kier alpha value is -2.77. The van der Waals surface area contributed by atoms with Crippen molar-refractivity contribution in [3.05, 3.63) is 64.9 Å². The van der Waals surface area contributed by atoms with Crippen LogP contribution in [-0.4, -0.2) is 48.5 Å². The topological polar surface area (TPSA) is 48.5 Å². The zero-order chi connectivity index (χ0) is 21.1. The van der Waals surface area contributed by atoms with Gasteiger partial charge in [-0.25, -0.2) is 9.37 Å². The van der Waals surface area contributed by atoms with Crippen LogP contribution in [0.4, 0.5) is 15.8 Å². The molecule has 0 spiro atoms. The SMILES string of the molecule is CCN1CCN(c2ccccc2NC(=O)c2sc(-c3ccc(F)cc3)nc2C)CC1. The molecule has 1 aromatic heterocycles. The van der Waals surface area contributed by atoms with E-state index >= 15 is 0 Å². The fourth-order valence-electron chi connectivity index (χ4n) is 3.66. The number of aromatic nitrogens is 1. The highest BCUT2D eigenvalue weighted by atomic mass is 32.1. The maximum absolute atomic E-state index is 13.2. The molecule has 1 N–H and O–H groups in total. The number of nitrogens with one attached hydrogen (secondary N) is 1. The summed E-state index contributed by atoms with van der Waals surface area (Å²) < 4.78 is 13.2. The number of benzene rings is 2. The maximum Gasteiger partial charge on any atom is 0.267 e. The molecule has 1 aliphatic rings. The molecule has 30 heavy (non-hydrogen) atoms. The number of hydrogen-bond acceptors (Lipinski definition) is 5. The van der Waals surface area contributed by atoms with Crippen molar-refractivity contribution in [2.75, 3.05) is 42.9 Å². The first-order valence-electron chi connectivity index (χ1n) is 10.2. The van der Waals surface area contributed by atoms with Gasteiger partial charge in [-0.15, -0.1) is 11.3 Å². The number of anilines is 2. The van der Waals surface area contributed by atoms with Gasteiger partial charge in [0.1, 0.15) is 15.7 Å². The Labute approximate surface area is 180 Å². The molecule has 0 atom stereocenters. The number of piperazine rings is 1. The molecule has 0 bridgehead atoms. The van der Waals surface area contributed by atoms with Gasteiger partial charge < -0.3 is 15.1 Å². The van der Waals surface area contributed by atoms with Crippen molar-refractivity contribution < 1.29 is 9.18 Å². The molecule has 0 unspecified atom stereocenters. The average Bonchev–Trinajstić information content (AvgIpc) is 3.16. The molecule has 3 aromatic rings. The highest BCUT2D eigenvalue weighted by Gasteiger charge is 2.21. The molecular weight excluding hydrogens is 399 g/mol. The highest BCUT2D eigenvalue weighted by Crippen LogP contribution is 2.31. The van der Waals surface area contributed by atoms with Gasteiger partial charge in [-0.3, -0.25) is 4.79 Å². The van der Waals surface area contributed by atoms with E-state index in [0.29, 0.717) is 15.6 Å². The molecule has 1 aliphatic heterocycles. The smallest absolute Gasteiger partial charge is 0.267 e. The molecular formula is C23H25FN4OS. The molecule has 0 aliphatic carbocycles. The van der Waals surface area contributed by atoms with Crippen LogP contribution in [0, 0.1) is 12.7 Å². The Morgan fingerprint density at radius 3 is 2.50 bits per heavy atom. The summed E-state index contributed by atoms with van der Waals surface area (Å²) >= 11 is 1.32. The van der Waals surface area contributed by atoms with Gasteiger partial charge in [-0.05, 0) is 49.9 Å². The number of halogens is 1. The summed E-state index contributed by atoms with van der Waals surface area (Å²) in [5.74, 6) is -0.459. The third-order valence-corrected chi connectivity index (χ3v) is 6.61. The second-order valence-electron chi connectivity index (χ2n) is 7.33. The predicted octanol–water partition coefficient (Wildman–Crippen LogP) is 4.65. The Morgan fingerprint density at radius 2 is 1.80 bits per heavy atom. The van der Waals surface area contributed by atoms with Crippen molar-refractivity contribution in [3.8, 4) is 10.6 Å². The quantitative estimate of drug-likeness (QED) is 0.648. The zero-order valence-electron chi connectivity index (χ0n) is 17.2. The van der Waals surface area contributed by atoms with Gasteiger partial charge in [0.15, 0.2) is 0 Å². The summed E-state index contributed by atoms with van der Waals surface area (Å²) in [4.78, 5) is 22.9. The Morgan fingerprint density at radius 1 is 1.10 bits per heavy atom. The van der Waals surface area contributed by atoms with Crippen molar-refractivity contribution in [1.29, 1.82) is 0 Å². The van der Waals surface area contributed by atoms with E-state index in [1.807, 2.05) is 25.1 Å². The molecule has 7 heteroatoms. The molecule has 1 saturated heterocycles. The lowest BCUT2D eigenvalue weighted by atomic mass is 10.2. The van der Waals surface area contributed by atoms with Crippen LogP contribution in [0.5, 0.6) is 0 Å². The molecule has 156 valence electrons. The van der Waals surface area contributed by atoms with Gasteiger partial charge in [0.05, 0.1) is 17.1 Å². The van der Waals surface area contributed by atoms with E-state index in [2.05, 4.69) is 33.1 Å². The fourth-order valence-corrected chi connectivity index (χ4v) is 4.63. The Balaban J connectivity index is 1.53. The van der Waals surface area contributed by atoms with Crippen LogP contribution >= 0.6 is 11.3 Å². The number of rotatable bonds is 5. The van der Waals surface area contributed by atoms with E-state index in [4.69, 9.17) is 0 Å². The summed E-state index contributed by atoms with van der Waals surface area (Å²) in [7, 11) is 0. The van der Waals surface area contributed by atoms with Crippen LogP contribution in [0.3, 0.4) is 0 Å². The lowest BCUT2D eigenvalue weighted by molar-refractivity contribution is 0.103. The van der Waals surface area contributed by atoms with E-state index < -0.39 is 0 Å². The van der Waals surface area contributed by atoms with Crippen molar-refractivity contribution in [2.45, 2.75) is 13.8 Å². The van der Waals surface area contributed by atoms with Crippen LogP contribution in [0.25, 0.3) is 10.6 Å². The van der Waals surface area contributed by atoms with Crippen molar-refractivity contribution >= 4 is 28.6 Å². The van der Waals surface area contributed by atoms with Gasteiger partial charge in [0.25, 0.3) is 5.91 Å². The third kappa shape index (κ3) is 4.37. The Kier molecular flexibility index (Phi) is 6.11. The molecule has 5 nitrogen and oxygen atoms in total. The molecule has 1 fully saturated rings. The summed E-state index contributed by atoms with van der Waals surface area (Å²) in [6, 6.07) is 14.1. The highest BCUT2D eigenvalue weighted by molar-refractivity contribution is 7.17. The van der Waals surface area contributed by atoms with Gasteiger partial charge in [-0.2, -0.15) is 0 Å². The number of hydrogen-bond donors (Lipinski definition) is 1. The van der Waals surface area contributed by atoms with E-state index in [-0.39, 0.29) is 11.7 Å². The second kappa shape index (κ2) is 8.93. The predicted molar refractivity (Wildman–Crippen MR) is 121 cm³/mol. The first-order chi connectivity index (χ1) is 14.5. The van der Waals surface area contributed by atoms with Crippen molar-refractivity contribution in [1.82, 2.24) is 9.88 Å². The lowest BCUT2D eigenvalue weighted by Crippen LogP contribution is -2.46. The molecule has 1 amide bonds. The number of nitrogens with zero attached hydrogens (tertiary/aromatic N) is 3. The number of likely N-dealkylation sites (N-methyl/N-ethyl adjacent to an activating group) is 1. The number of aryl methyl sites for hydroxylation is 1. The van der Waals surface area contributed by atoms with E-state index in [0.717, 1.165) is 49.7 Å². The average molecular weight is 425 g/mol. The summed E-state index contributed by atoms with van der Waals surface area (Å²) in [6.45, 7) is 8.99.